The van der Waals surface area contributed by atoms with Crippen molar-refractivity contribution in [3.05, 3.63) is 17.0 Å². The van der Waals surface area contributed by atoms with Crippen LogP contribution in [0.1, 0.15) is 48.4 Å². The molecule has 0 aliphatic carbocycles. The molecule has 0 fully saturated rings. The standard InChI is InChI=1S/C13H22N2O3S/c1-5-8-19(17,18)9-7-15-11(4)13(10(3)14-15)12(16)6-2/h5-9H2,1-4H3. The maximum Gasteiger partial charge on any atom is 0.166 e. The van der Waals surface area contributed by atoms with E-state index in [-0.39, 0.29) is 17.3 Å². The highest BCUT2D eigenvalue weighted by Gasteiger charge is 2.18. The summed E-state index contributed by atoms with van der Waals surface area (Å²) in [6.45, 7) is 7.57. The summed E-state index contributed by atoms with van der Waals surface area (Å²) < 4.78 is 25.0. The number of ketones is 1. The van der Waals surface area contributed by atoms with Gasteiger partial charge in [0.1, 0.15) is 0 Å². The van der Waals surface area contributed by atoms with Crippen LogP contribution in [0.2, 0.25) is 0 Å². The molecular formula is C13H22N2O3S. The minimum atomic E-state index is -3.02. The average molecular weight is 286 g/mol. The maximum absolute atomic E-state index is 11.8. The molecule has 1 heterocycles. The molecule has 0 amide bonds. The average Bonchev–Trinajstić information content (AvgIpc) is 2.61. The zero-order chi connectivity index (χ0) is 14.6. The van der Waals surface area contributed by atoms with E-state index in [4.69, 9.17) is 0 Å². The van der Waals surface area contributed by atoms with Crippen molar-refractivity contribution < 1.29 is 13.2 Å². The van der Waals surface area contributed by atoms with E-state index in [1.54, 1.807) is 11.6 Å². The minimum absolute atomic E-state index is 0.0534. The lowest BCUT2D eigenvalue weighted by Gasteiger charge is -2.05. The molecule has 108 valence electrons. The van der Waals surface area contributed by atoms with E-state index in [1.165, 1.54) is 0 Å². The van der Waals surface area contributed by atoms with Gasteiger partial charge >= 0.3 is 0 Å². The molecule has 5 nitrogen and oxygen atoms in total. The van der Waals surface area contributed by atoms with Crippen molar-refractivity contribution in [1.82, 2.24) is 9.78 Å². The van der Waals surface area contributed by atoms with Gasteiger partial charge in [-0.3, -0.25) is 9.48 Å². The molecule has 19 heavy (non-hydrogen) atoms. The van der Waals surface area contributed by atoms with Crippen LogP contribution in [0.5, 0.6) is 0 Å². The molecule has 0 bridgehead atoms. The highest BCUT2D eigenvalue weighted by atomic mass is 32.2. The molecule has 1 aromatic rings. The number of rotatable bonds is 7. The molecule has 0 saturated carbocycles. The van der Waals surface area contributed by atoms with E-state index in [0.29, 0.717) is 30.6 Å². The second-order valence-electron chi connectivity index (χ2n) is 4.70. The zero-order valence-electron chi connectivity index (χ0n) is 12.1. The summed E-state index contributed by atoms with van der Waals surface area (Å²) in [5.41, 5.74) is 2.07. The van der Waals surface area contributed by atoms with Crippen molar-refractivity contribution in [3.63, 3.8) is 0 Å². The monoisotopic (exact) mass is 286 g/mol. The molecule has 0 radical (unpaired) electrons. The summed E-state index contributed by atoms with van der Waals surface area (Å²) >= 11 is 0. The van der Waals surface area contributed by atoms with Gasteiger partial charge in [-0.2, -0.15) is 5.10 Å². The SMILES string of the molecule is CCCS(=O)(=O)CCn1nc(C)c(C(=O)CC)c1C. The van der Waals surface area contributed by atoms with Crippen LogP contribution in [0.3, 0.4) is 0 Å². The molecule has 0 spiro atoms. The Kier molecular flexibility index (Phi) is 5.29. The van der Waals surface area contributed by atoms with Gasteiger partial charge in [0.2, 0.25) is 0 Å². The van der Waals surface area contributed by atoms with Crippen molar-refractivity contribution in [2.75, 3.05) is 11.5 Å². The van der Waals surface area contributed by atoms with Gasteiger partial charge in [-0.25, -0.2) is 8.42 Å². The normalized spacial score (nSPS) is 11.8. The van der Waals surface area contributed by atoms with E-state index in [2.05, 4.69) is 5.10 Å². The number of Topliss-reactive ketones (excluding diaryl/α,β-unsaturated/α-hetero) is 1. The van der Waals surface area contributed by atoms with E-state index < -0.39 is 9.84 Å². The van der Waals surface area contributed by atoms with Gasteiger partial charge in [-0.15, -0.1) is 0 Å². The lowest BCUT2D eigenvalue weighted by atomic mass is 10.1. The lowest BCUT2D eigenvalue weighted by molar-refractivity contribution is 0.0987. The molecule has 0 N–H and O–H groups in total. The summed E-state index contributed by atoms with van der Waals surface area (Å²) in [7, 11) is -3.02. The van der Waals surface area contributed by atoms with Crippen LogP contribution in [-0.4, -0.2) is 35.5 Å². The van der Waals surface area contributed by atoms with Crippen LogP contribution >= 0.6 is 0 Å². The molecule has 0 atom stereocenters. The van der Waals surface area contributed by atoms with Crippen molar-refractivity contribution in [3.8, 4) is 0 Å². The molecule has 1 rings (SSSR count). The largest absolute Gasteiger partial charge is 0.294 e. The predicted octanol–water partition coefficient (Wildman–Crippen LogP) is 1.92. The van der Waals surface area contributed by atoms with Crippen LogP contribution < -0.4 is 0 Å². The lowest BCUT2D eigenvalue weighted by Crippen LogP contribution is -2.17. The Bertz CT molecular complexity index is 559. The Morgan fingerprint density at radius 3 is 2.37 bits per heavy atom. The first kappa shape index (κ1) is 15.9. The number of sulfone groups is 1. The fourth-order valence-corrected chi connectivity index (χ4v) is 3.41. The molecule has 0 unspecified atom stereocenters. The molecule has 0 aliphatic rings. The highest BCUT2D eigenvalue weighted by molar-refractivity contribution is 7.91. The van der Waals surface area contributed by atoms with Crippen molar-refractivity contribution >= 4 is 15.6 Å². The van der Waals surface area contributed by atoms with Crippen LogP contribution in [0.25, 0.3) is 0 Å². The van der Waals surface area contributed by atoms with Crippen LogP contribution in [0.4, 0.5) is 0 Å². The van der Waals surface area contributed by atoms with Gasteiger partial charge in [0.25, 0.3) is 0 Å². The van der Waals surface area contributed by atoms with Gasteiger partial charge < -0.3 is 0 Å². The number of carbonyl (C=O) groups is 1. The van der Waals surface area contributed by atoms with Gasteiger partial charge in [0.05, 0.1) is 23.6 Å². The van der Waals surface area contributed by atoms with E-state index >= 15 is 0 Å². The van der Waals surface area contributed by atoms with E-state index in [9.17, 15) is 13.2 Å². The van der Waals surface area contributed by atoms with Crippen molar-refractivity contribution in [2.45, 2.75) is 47.1 Å². The van der Waals surface area contributed by atoms with Gasteiger partial charge in [-0.1, -0.05) is 13.8 Å². The summed E-state index contributed by atoms with van der Waals surface area (Å²) in [5, 5.41) is 4.27. The number of carbonyl (C=O) groups excluding carboxylic acids is 1. The Morgan fingerprint density at radius 2 is 1.84 bits per heavy atom. The summed E-state index contributed by atoms with van der Waals surface area (Å²) in [6.07, 6.45) is 1.06. The number of aryl methyl sites for hydroxylation is 2. The Labute approximate surface area is 114 Å². The van der Waals surface area contributed by atoms with Crippen molar-refractivity contribution in [2.24, 2.45) is 0 Å². The Balaban J connectivity index is 2.90. The molecule has 1 aromatic heterocycles. The number of hydrogen-bond donors (Lipinski definition) is 0. The summed E-state index contributed by atoms with van der Waals surface area (Å²) in [5.74, 6) is 0.327. The zero-order valence-corrected chi connectivity index (χ0v) is 12.9. The first-order valence-electron chi connectivity index (χ1n) is 6.60. The van der Waals surface area contributed by atoms with Gasteiger partial charge in [-0.05, 0) is 20.3 Å². The Hall–Kier alpha value is -1.17. The second-order valence-corrected chi connectivity index (χ2v) is 7.00. The fraction of sp³-hybridized carbons (Fsp3) is 0.692. The fourth-order valence-electron chi connectivity index (χ4n) is 2.13. The number of nitrogens with zero attached hydrogens (tertiary/aromatic N) is 2. The third-order valence-electron chi connectivity index (χ3n) is 3.11. The highest BCUT2D eigenvalue weighted by Crippen LogP contribution is 2.15. The number of hydrogen-bond acceptors (Lipinski definition) is 4. The smallest absolute Gasteiger partial charge is 0.166 e. The van der Waals surface area contributed by atoms with Crippen molar-refractivity contribution in [1.29, 1.82) is 0 Å². The van der Waals surface area contributed by atoms with Gasteiger partial charge in [0, 0.05) is 17.9 Å². The third kappa shape index (κ3) is 3.89. The molecule has 0 saturated heterocycles. The van der Waals surface area contributed by atoms with Crippen LogP contribution in [0.15, 0.2) is 0 Å². The molecule has 0 aromatic carbocycles. The number of aromatic nitrogens is 2. The minimum Gasteiger partial charge on any atom is -0.294 e. The molecule has 6 heteroatoms. The third-order valence-corrected chi connectivity index (χ3v) is 4.95. The second kappa shape index (κ2) is 6.32. The summed E-state index contributed by atoms with van der Waals surface area (Å²) in [6, 6.07) is 0. The van der Waals surface area contributed by atoms with E-state index in [0.717, 1.165) is 5.69 Å². The van der Waals surface area contributed by atoms with Gasteiger partial charge in [0.15, 0.2) is 15.6 Å². The summed E-state index contributed by atoms with van der Waals surface area (Å²) in [4.78, 5) is 11.8. The maximum atomic E-state index is 11.8. The first-order valence-corrected chi connectivity index (χ1v) is 8.42. The van der Waals surface area contributed by atoms with Crippen LogP contribution in [0, 0.1) is 13.8 Å². The molecular weight excluding hydrogens is 264 g/mol. The Morgan fingerprint density at radius 1 is 1.21 bits per heavy atom. The quantitative estimate of drug-likeness (QED) is 0.718. The first-order chi connectivity index (χ1) is 8.82. The van der Waals surface area contributed by atoms with Crippen LogP contribution in [-0.2, 0) is 16.4 Å². The van der Waals surface area contributed by atoms with E-state index in [1.807, 2.05) is 20.8 Å². The predicted molar refractivity (Wildman–Crippen MR) is 75.3 cm³/mol. The topological polar surface area (TPSA) is 69.0 Å². The molecule has 0 aliphatic heterocycles.